The summed E-state index contributed by atoms with van der Waals surface area (Å²) in [5.74, 6) is 0. The molecule has 0 atom stereocenters. The highest BCUT2D eigenvalue weighted by Crippen LogP contribution is 2.25. The summed E-state index contributed by atoms with van der Waals surface area (Å²) in [5.41, 5.74) is 1.66. The third-order valence-corrected chi connectivity index (χ3v) is 2.92. The number of aromatic nitrogens is 2. The summed E-state index contributed by atoms with van der Waals surface area (Å²) in [6.07, 6.45) is 2.98. The van der Waals surface area contributed by atoms with E-state index in [2.05, 4.69) is 51.1 Å². The Kier molecular flexibility index (Phi) is 3.79. The van der Waals surface area contributed by atoms with E-state index in [1.54, 1.807) is 0 Å². The van der Waals surface area contributed by atoms with Crippen LogP contribution in [0.25, 0.3) is 0 Å². The fraction of sp³-hybridized carbons (Fsp3) is 0.769. The van der Waals surface area contributed by atoms with Gasteiger partial charge in [-0.25, -0.2) is 0 Å². The normalized spacial score (nSPS) is 13.1. The SMILES string of the molecule is Cn1nccc1C(C)(C)CCNC(C)(C)C. The molecule has 16 heavy (non-hydrogen) atoms. The van der Waals surface area contributed by atoms with E-state index < -0.39 is 0 Å². The molecule has 0 saturated carbocycles. The first-order valence-electron chi connectivity index (χ1n) is 5.96. The lowest BCUT2D eigenvalue weighted by Crippen LogP contribution is -2.38. The average molecular weight is 223 g/mol. The molecule has 1 rings (SSSR count). The zero-order valence-corrected chi connectivity index (χ0v) is 11.5. The van der Waals surface area contributed by atoms with E-state index in [0.717, 1.165) is 13.0 Å². The lowest BCUT2D eigenvalue weighted by molar-refractivity contribution is 0.368. The van der Waals surface area contributed by atoms with Crippen LogP contribution in [0.15, 0.2) is 12.3 Å². The Morgan fingerprint density at radius 1 is 1.25 bits per heavy atom. The van der Waals surface area contributed by atoms with E-state index in [-0.39, 0.29) is 11.0 Å². The number of nitrogens with one attached hydrogen (secondary N) is 1. The maximum atomic E-state index is 4.24. The van der Waals surface area contributed by atoms with Crippen molar-refractivity contribution in [2.24, 2.45) is 7.05 Å². The van der Waals surface area contributed by atoms with Crippen LogP contribution in [0.4, 0.5) is 0 Å². The van der Waals surface area contributed by atoms with Gasteiger partial charge in [-0.15, -0.1) is 0 Å². The molecule has 3 heteroatoms. The minimum Gasteiger partial charge on any atom is -0.312 e. The van der Waals surface area contributed by atoms with Crippen LogP contribution in [0.1, 0.15) is 46.7 Å². The van der Waals surface area contributed by atoms with Crippen LogP contribution in [0, 0.1) is 0 Å². The van der Waals surface area contributed by atoms with Crippen LogP contribution in [0.3, 0.4) is 0 Å². The van der Waals surface area contributed by atoms with Crippen molar-refractivity contribution < 1.29 is 0 Å². The lowest BCUT2D eigenvalue weighted by atomic mass is 9.85. The third kappa shape index (κ3) is 3.63. The summed E-state index contributed by atoms with van der Waals surface area (Å²) >= 11 is 0. The van der Waals surface area contributed by atoms with Crippen LogP contribution in [0.2, 0.25) is 0 Å². The van der Waals surface area contributed by atoms with Crippen molar-refractivity contribution >= 4 is 0 Å². The van der Waals surface area contributed by atoms with Gasteiger partial charge in [0.25, 0.3) is 0 Å². The maximum Gasteiger partial charge on any atom is 0.0492 e. The molecule has 92 valence electrons. The first kappa shape index (κ1) is 13.2. The van der Waals surface area contributed by atoms with Gasteiger partial charge in [-0.2, -0.15) is 5.10 Å². The standard InChI is InChI=1S/C13H25N3/c1-12(2,3)14-10-8-13(4,5)11-7-9-15-16(11)6/h7,9,14H,8,10H2,1-6H3. The van der Waals surface area contributed by atoms with Crippen LogP contribution in [-0.2, 0) is 12.5 Å². The predicted molar refractivity (Wildman–Crippen MR) is 68.6 cm³/mol. The van der Waals surface area contributed by atoms with Crippen molar-refractivity contribution in [2.45, 2.75) is 52.0 Å². The molecule has 1 heterocycles. The fourth-order valence-corrected chi connectivity index (χ4v) is 1.92. The Hall–Kier alpha value is -0.830. The van der Waals surface area contributed by atoms with Gasteiger partial charge in [0, 0.05) is 29.9 Å². The predicted octanol–water partition coefficient (Wildman–Crippen LogP) is 2.48. The van der Waals surface area contributed by atoms with Gasteiger partial charge in [0.05, 0.1) is 0 Å². The molecule has 3 nitrogen and oxygen atoms in total. The topological polar surface area (TPSA) is 29.9 Å². The summed E-state index contributed by atoms with van der Waals surface area (Å²) in [6, 6.07) is 2.11. The largest absolute Gasteiger partial charge is 0.312 e. The monoisotopic (exact) mass is 223 g/mol. The summed E-state index contributed by atoms with van der Waals surface area (Å²) in [6.45, 7) is 12.2. The summed E-state index contributed by atoms with van der Waals surface area (Å²) < 4.78 is 1.97. The van der Waals surface area contributed by atoms with Crippen LogP contribution in [-0.4, -0.2) is 21.9 Å². The number of hydrogen-bond donors (Lipinski definition) is 1. The van der Waals surface area contributed by atoms with Gasteiger partial charge in [-0.3, -0.25) is 4.68 Å². The van der Waals surface area contributed by atoms with E-state index in [1.165, 1.54) is 5.69 Å². The van der Waals surface area contributed by atoms with Gasteiger partial charge in [0.2, 0.25) is 0 Å². The van der Waals surface area contributed by atoms with Gasteiger partial charge in [-0.1, -0.05) is 13.8 Å². The molecule has 0 aliphatic carbocycles. The first-order valence-corrected chi connectivity index (χ1v) is 5.96. The quantitative estimate of drug-likeness (QED) is 0.850. The third-order valence-electron chi connectivity index (χ3n) is 2.92. The van der Waals surface area contributed by atoms with E-state index in [4.69, 9.17) is 0 Å². The molecule has 1 aromatic rings. The van der Waals surface area contributed by atoms with Crippen LogP contribution < -0.4 is 5.32 Å². The van der Waals surface area contributed by atoms with Gasteiger partial charge in [-0.05, 0) is 39.8 Å². The number of nitrogens with zero attached hydrogens (tertiary/aromatic N) is 2. The minimum absolute atomic E-state index is 0.170. The zero-order chi connectivity index (χ0) is 12.4. The van der Waals surface area contributed by atoms with Crippen molar-refractivity contribution in [3.05, 3.63) is 18.0 Å². The minimum atomic E-state index is 0.170. The van der Waals surface area contributed by atoms with Crippen LogP contribution in [0.5, 0.6) is 0 Å². The molecule has 0 aliphatic heterocycles. The Balaban J connectivity index is 2.56. The van der Waals surface area contributed by atoms with E-state index in [0.29, 0.717) is 0 Å². The molecule has 1 aromatic heterocycles. The smallest absolute Gasteiger partial charge is 0.0492 e. The second-order valence-electron chi connectivity index (χ2n) is 6.15. The second-order valence-corrected chi connectivity index (χ2v) is 6.15. The van der Waals surface area contributed by atoms with Crippen molar-refractivity contribution in [1.29, 1.82) is 0 Å². The summed E-state index contributed by atoms with van der Waals surface area (Å²) in [7, 11) is 2.01. The molecule has 0 amide bonds. The van der Waals surface area contributed by atoms with Crippen molar-refractivity contribution in [3.8, 4) is 0 Å². The van der Waals surface area contributed by atoms with E-state index >= 15 is 0 Å². The van der Waals surface area contributed by atoms with Crippen LogP contribution >= 0.6 is 0 Å². The molecule has 1 N–H and O–H groups in total. The zero-order valence-electron chi connectivity index (χ0n) is 11.5. The molecule has 0 saturated heterocycles. The fourth-order valence-electron chi connectivity index (χ4n) is 1.92. The Labute approximate surface area is 99.2 Å². The van der Waals surface area contributed by atoms with Gasteiger partial charge in [0.1, 0.15) is 0 Å². The molecule has 0 bridgehead atoms. The van der Waals surface area contributed by atoms with E-state index in [1.807, 2.05) is 17.9 Å². The maximum absolute atomic E-state index is 4.24. The molecule has 0 fully saturated rings. The van der Waals surface area contributed by atoms with Crippen molar-refractivity contribution in [2.75, 3.05) is 6.54 Å². The Bertz CT molecular complexity index is 331. The first-order chi connectivity index (χ1) is 7.22. The van der Waals surface area contributed by atoms with Crippen molar-refractivity contribution in [1.82, 2.24) is 15.1 Å². The summed E-state index contributed by atoms with van der Waals surface area (Å²) in [4.78, 5) is 0. The van der Waals surface area contributed by atoms with Gasteiger partial charge >= 0.3 is 0 Å². The molecule has 0 radical (unpaired) electrons. The number of aryl methyl sites for hydroxylation is 1. The number of rotatable bonds is 4. The molecule has 0 aliphatic rings. The highest BCUT2D eigenvalue weighted by Gasteiger charge is 2.23. The highest BCUT2D eigenvalue weighted by atomic mass is 15.3. The number of hydrogen-bond acceptors (Lipinski definition) is 2. The van der Waals surface area contributed by atoms with Gasteiger partial charge < -0.3 is 5.32 Å². The Morgan fingerprint density at radius 2 is 1.88 bits per heavy atom. The van der Waals surface area contributed by atoms with Crippen molar-refractivity contribution in [3.63, 3.8) is 0 Å². The Morgan fingerprint density at radius 3 is 2.31 bits per heavy atom. The molecular formula is C13H25N3. The summed E-state index contributed by atoms with van der Waals surface area (Å²) in [5, 5.41) is 7.77. The average Bonchev–Trinajstić information content (AvgIpc) is 2.48. The molecule has 0 unspecified atom stereocenters. The molecular weight excluding hydrogens is 198 g/mol. The second kappa shape index (κ2) is 4.58. The molecule has 0 spiro atoms. The van der Waals surface area contributed by atoms with Gasteiger partial charge in [0.15, 0.2) is 0 Å². The lowest BCUT2D eigenvalue weighted by Gasteiger charge is -2.28. The molecule has 0 aromatic carbocycles. The van der Waals surface area contributed by atoms with E-state index in [9.17, 15) is 0 Å². The highest BCUT2D eigenvalue weighted by molar-refractivity contribution is 5.13.